The van der Waals surface area contributed by atoms with Gasteiger partial charge in [-0.2, -0.15) is 0 Å². The van der Waals surface area contributed by atoms with Crippen molar-refractivity contribution in [1.82, 2.24) is 9.47 Å². The lowest BCUT2D eigenvalue weighted by Crippen LogP contribution is -2.28. The van der Waals surface area contributed by atoms with Crippen molar-refractivity contribution in [2.24, 2.45) is 0 Å². The molecule has 1 aliphatic rings. The number of benzene rings is 1. The number of thiocarbonyl (C=S) groups is 1. The van der Waals surface area contributed by atoms with Gasteiger partial charge in [-0.05, 0) is 62.2 Å². The number of aromatic nitrogens is 1. The molecule has 2 heterocycles. The first-order chi connectivity index (χ1) is 12.5. The zero-order valence-corrected chi connectivity index (χ0v) is 17.0. The maximum atomic E-state index is 12.6. The molecule has 26 heavy (non-hydrogen) atoms. The Kier molecular flexibility index (Phi) is 5.53. The molecule has 0 N–H and O–H groups in total. The molecule has 0 spiro atoms. The first-order valence-electron chi connectivity index (χ1n) is 8.55. The number of methoxy groups -OCH3 is 1. The fourth-order valence-corrected chi connectivity index (χ4v) is 4.42. The van der Waals surface area contributed by atoms with E-state index in [1.807, 2.05) is 37.3 Å². The Morgan fingerprint density at radius 1 is 1.23 bits per heavy atom. The summed E-state index contributed by atoms with van der Waals surface area (Å²) in [5, 5.41) is 0. The van der Waals surface area contributed by atoms with E-state index in [0.29, 0.717) is 15.8 Å². The third-order valence-corrected chi connectivity index (χ3v) is 5.79. The second-order valence-electron chi connectivity index (χ2n) is 6.19. The van der Waals surface area contributed by atoms with Gasteiger partial charge in [0.05, 0.1) is 12.0 Å². The van der Waals surface area contributed by atoms with Crippen LogP contribution in [-0.2, 0) is 4.79 Å². The Morgan fingerprint density at radius 2 is 1.92 bits per heavy atom. The Bertz CT molecular complexity index is 882. The molecular formula is C20H22N2O2S2. The van der Waals surface area contributed by atoms with Crippen LogP contribution in [0.3, 0.4) is 0 Å². The molecule has 0 saturated carbocycles. The standard InChI is InChI=1S/C20H22N2O2S2/c1-5-10-21-19(23)18(26-20(21)25)12-15-11-13(2)22(14(15)3)16-6-8-17(24-4)9-7-16/h6-9,11-12H,5,10H2,1-4H3/b18-12+. The molecule has 1 fully saturated rings. The first kappa shape index (κ1) is 18.7. The summed E-state index contributed by atoms with van der Waals surface area (Å²) in [5.41, 5.74) is 4.31. The maximum Gasteiger partial charge on any atom is 0.266 e. The topological polar surface area (TPSA) is 34.5 Å². The number of hydrogen-bond donors (Lipinski definition) is 0. The molecule has 3 rings (SSSR count). The van der Waals surface area contributed by atoms with Gasteiger partial charge in [-0.15, -0.1) is 0 Å². The number of aryl methyl sites for hydroxylation is 1. The average Bonchev–Trinajstić information content (AvgIpc) is 3.05. The van der Waals surface area contributed by atoms with Crippen LogP contribution < -0.4 is 4.74 Å². The molecule has 1 aliphatic heterocycles. The zero-order valence-electron chi connectivity index (χ0n) is 15.4. The van der Waals surface area contributed by atoms with Crippen molar-refractivity contribution in [2.75, 3.05) is 13.7 Å². The van der Waals surface area contributed by atoms with Crippen LogP contribution in [0.5, 0.6) is 5.75 Å². The normalized spacial score (nSPS) is 16.0. The summed E-state index contributed by atoms with van der Waals surface area (Å²) >= 11 is 6.73. The molecule has 1 amide bonds. The summed E-state index contributed by atoms with van der Waals surface area (Å²) in [4.78, 5) is 15.0. The summed E-state index contributed by atoms with van der Waals surface area (Å²) in [7, 11) is 1.66. The van der Waals surface area contributed by atoms with Gasteiger partial charge in [0.1, 0.15) is 10.1 Å². The Balaban J connectivity index is 1.95. The summed E-state index contributed by atoms with van der Waals surface area (Å²) in [6.45, 7) is 6.85. The fraction of sp³-hybridized carbons (Fsp3) is 0.300. The van der Waals surface area contributed by atoms with Gasteiger partial charge in [-0.25, -0.2) is 0 Å². The molecule has 0 bridgehead atoms. The second kappa shape index (κ2) is 7.68. The van der Waals surface area contributed by atoms with Crippen LogP contribution in [0.2, 0.25) is 0 Å². The number of nitrogens with zero attached hydrogens (tertiary/aromatic N) is 2. The molecule has 4 nitrogen and oxygen atoms in total. The number of carbonyl (C=O) groups excluding carboxylic acids is 1. The van der Waals surface area contributed by atoms with E-state index < -0.39 is 0 Å². The van der Waals surface area contributed by atoms with Gasteiger partial charge in [-0.1, -0.05) is 30.9 Å². The molecule has 6 heteroatoms. The van der Waals surface area contributed by atoms with Crippen molar-refractivity contribution in [2.45, 2.75) is 27.2 Å². The summed E-state index contributed by atoms with van der Waals surface area (Å²) in [6, 6.07) is 10.1. The summed E-state index contributed by atoms with van der Waals surface area (Å²) < 4.78 is 8.06. The van der Waals surface area contributed by atoms with Gasteiger partial charge < -0.3 is 9.30 Å². The predicted molar refractivity (Wildman–Crippen MR) is 112 cm³/mol. The van der Waals surface area contributed by atoms with E-state index in [1.54, 1.807) is 12.0 Å². The Hall–Kier alpha value is -2.05. The van der Waals surface area contributed by atoms with Crippen LogP contribution in [0.1, 0.15) is 30.3 Å². The van der Waals surface area contributed by atoms with Crippen LogP contribution in [-0.4, -0.2) is 33.3 Å². The van der Waals surface area contributed by atoms with Gasteiger partial charge in [0.25, 0.3) is 5.91 Å². The van der Waals surface area contributed by atoms with Crippen LogP contribution in [0, 0.1) is 13.8 Å². The SMILES string of the molecule is CCCN1C(=O)/C(=C\c2cc(C)n(-c3ccc(OC)cc3)c2C)SC1=S. The van der Waals surface area contributed by atoms with Gasteiger partial charge in [0, 0.05) is 23.6 Å². The molecule has 0 unspecified atom stereocenters. The molecule has 0 atom stereocenters. The van der Waals surface area contributed by atoms with E-state index in [0.717, 1.165) is 34.8 Å². The number of ether oxygens (including phenoxy) is 1. The average molecular weight is 387 g/mol. The molecule has 0 aliphatic carbocycles. The van der Waals surface area contributed by atoms with Gasteiger partial charge in [-0.3, -0.25) is 9.69 Å². The highest BCUT2D eigenvalue weighted by Crippen LogP contribution is 2.34. The predicted octanol–water partition coefficient (Wildman–Crippen LogP) is 4.71. The highest BCUT2D eigenvalue weighted by Gasteiger charge is 2.31. The Morgan fingerprint density at radius 3 is 2.54 bits per heavy atom. The van der Waals surface area contributed by atoms with Crippen LogP contribution in [0.25, 0.3) is 11.8 Å². The molecule has 0 radical (unpaired) electrons. The highest BCUT2D eigenvalue weighted by atomic mass is 32.2. The van der Waals surface area contributed by atoms with Gasteiger partial charge >= 0.3 is 0 Å². The van der Waals surface area contributed by atoms with Crippen molar-refractivity contribution in [3.63, 3.8) is 0 Å². The van der Waals surface area contributed by atoms with Crippen LogP contribution >= 0.6 is 24.0 Å². The number of thioether (sulfide) groups is 1. The minimum atomic E-state index is 0.0103. The van der Waals surface area contributed by atoms with E-state index >= 15 is 0 Å². The van der Waals surface area contributed by atoms with Crippen molar-refractivity contribution in [1.29, 1.82) is 0 Å². The largest absolute Gasteiger partial charge is 0.497 e. The zero-order chi connectivity index (χ0) is 18.8. The number of amides is 1. The quantitative estimate of drug-likeness (QED) is 0.550. The van der Waals surface area contributed by atoms with Gasteiger partial charge in [0.15, 0.2) is 0 Å². The van der Waals surface area contributed by atoms with E-state index in [2.05, 4.69) is 24.5 Å². The molecule has 1 aromatic heterocycles. The minimum absolute atomic E-state index is 0.0103. The molecule has 136 valence electrons. The number of hydrogen-bond acceptors (Lipinski definition) is 4. The fourth-order valence-electron chi connectivity index (χ4n) is 3.12. The lowest BCUT2D eigenvalue weighted by molar-refractivity contribution is -0.122. The van der Waals surface area contributed by atoms with E-state index in [1.165, 1.54) is 11.8 Å². The van der Waals surface area contributed by atoms with Crippen molar-refractivity contribution < 1.29 is 9.53 Å². The van der Waals surface area contributed by atoms with Crippen molar-refractivity contribution >= 4 is 40.3 Å². The second-order valence-corrected chi connectivity index (χ2v) is 7.87. The third-order valence-electron chi connectivity index (χ3n) is 4.41. The van der Waals surface area contributed by atoms with Crippen molar-refractivity contribution in [3.05, 3.63) is 52.2 Å². The summed E-state index contributed by atoms with van der Waals surface area (Å²) in [5.74, 6) is 0.840. The third kappa shape index (κ3) is 3.44. The lowest BCUT2D eigenvalue weighted by Gasteiger charge is -2.12. The van der Waals surface area contributed by atoms with E-state index in [-0.39, 0.29) is 5.91 Å². The summed E-state index contributed by atoms with van der Waals surface area (Å²) in [6.07, 6.45) is 2.85. The first-order valence-corrected chi connectivity index (χ1v) is 9.77. The van der Waals surface area contributed by atoms with Crippen molar-refractivity contribution in [3.8, 4) is 11.4 Å². The van der Waals surface area contributed by atoms with E-state index in [4.69, 9.17) is 17.0 Å². The Labute approximate surface area is 163 Å². The maximum absolute atomic E-state index is 12.6. The lowest BCUT2D eigenvalue weighted by atomic mass is 10.2. The molecule has 1 aromatic carbocycles. The number of rotatable bonds is 5. The highest BCUT2D eigenvalue weighted by molar-refractivity contribution is 8.26. The smallest absolute Gasteiger partial charge is 0.266 e. The minimum Gasteiger partial charge on any atom is -0.497 e. The molecule has 1 saturated heterocycles. The van der Waals surface area contributed by atoms with E-state index in [9.17, 15) is 4.79 Å². The van der Waals surface area contributed by atoms with Crippen LogP contribution in [0.4, 0.5) is 0 Å². The monoisotopic (exact) mass is 386 g/mol. The number of carbonyl (C=O) groups is 1. The molecule has 2 aromatic rings. The van der Waals surface area contributed by atoms with Gasteiger partial charge in [0.2, 0.25) is 0 Å². The molecular weight excluding hydrogens is 364 g/mol. The van der Waals surface area contributed by atoms with Crippen LogP contribution in [0.15, 0.2) is 35.2 Å².